The van der Waals surface area contributed by atoms with E-state index in [0.717, 1.165) is 5.56 Å². The summed E-state index contributed by atoms with van der Waals surface area (Å²) in [6.07, 6.45) is 0.577. The van der Waals surface area contributed by atoms with Crippen LogP contribution in [-0.2, 0) is 4.79 Å². The summed E-state index contributed by atoms with van der Waals surface area (Å²) in [6, 6.07) is 7.30. The lowest BCUT2D eigenvalue weighted by Crippen LogP contribution is -2.46. The van der Waals surface area contributed by atoms with Crippen LogP contribution in [0.5, 0.6) is 11.5 Å². The van der Waals surface area contributed by atoms with Gasteiger partial charge in [0.15, 0.2) is 11.5 Å². The number of aromatic amines is 1. The Morgan fingerprint density at radius 1 is 1.30 bits per heavy atom. The topological polar surface area (TPSA) is 76.2 Å². The molecule has 0 radical (unpaired) electrons. The zero-order valence-corrected chi connectivity index (χ0v) is 11.2. The minimum Gasteiger partial charge on any atom is -0.482 e. The van der Waals surface area contributed by atoms with E-state index in [-0.39, 0.29) is 12.0 Å². The molecule has 3 rings (SSSR count). The molecule has 2 unspecified atom stereocenters. The standard InChI is InChI=1S/C14H15N3O3/c1-8-7-15-17-13(8)16-14(18)12-9(2)19-10-5-3-4-6-11(10)20-12/h3-7,9,12H,1-2H3,(H2,15,16,17,18). The molecular weight excluding hydrogens is 258 g/mol. The van der Waals surface area contributed by atoms with Gasteiger partial charge < -0.3 is 14.8 Å². The number of anilines is 1. The fourth-order valence-electron chi connectivity index (χ4n) is 2.07. The van der Waals surface area contributed by atoms with Crippen molar-refractivity contribution in [3.63, 3.8) is 0 Å². The minimum atomic E-state index is -0.701. The van der Waals surface area contributed by atoms with Crippen molar-refractivity contribution in [1.82, 2.24) is 10.2 Å². The quantitative estimate of drug-likeness (QED) is 0.876. The number of carbonyl (C=O) groups excluding carboxylic acids is 1. The fraction of sp³-hybridized carbons (Fsp3) is 0.286. The number of hydrogen-bond acceptors (Lipinski definition) is 4. The van der Waals surface area contributed by atoms with E-state index < -0.39 is 6.10 Å². The maximum absolute atomic E-state index is 12.3. The van der Waals surface area contributed by atoms with Gasteiger partial charge in [-0.15, -0.1) is 0 Å². The van der Waals surface area contributed by atoms with E-state index in [1.807, 2.05) is 25.1 Å². The van der Waals surface area contributed by atoms with Gasteiger partial charge in [-0.2, -0.15) is 5.10 Å². The fourth-order valence-corrected chi connectivity index (χ4v) is 2.07. The lowest BCUT2D eigenvalue weighted by molar-refractivity contribution is -0.128. The van der Waals surface area contributed by atoms with Crippen LogP contribution in [0.2, 0.25) is 0 Å². The number of benzene rings is 1. The molecule has 1 aliphatic rings. The Balaban J connectivity index is 1.77. The molecule has 0 saturated heterocycles. The Morgan fingerprint density at radius 3 is 2.65 bits per heavy atom. The monoisotopic (exact) mass is 273 g/mol. The van der Waals surface area contributed by atoms with Gasteiger partial charge in [0.05, 0.1) is 6.20 Å². The van der Waals surface area contributed by atoms with Gasteiger partial charge in [-0.3, -0.25) is 9.89 Å². The van der Waals surface area contributed by atoms with Crippen LogP contribution in [-0.4, -0.2) is 28.3 Å². The van der Waals surface area contributed by atoms with Crippen molar-refractivity contribution in [2.24, 2.45) is 0 Å². The number of nitrogens with one attached hydrogen (secondary N) is 2. The molecule has 0 fully saturated rings. The van der Waals surface area contributed by atoms with Gasteiger partial charge in [0.25, 0.3) is 5.91 Å². The molecule has 1 aromatic carbocycles. The summed E-state index contributed by atoms with van der Waals surface area (Å²) < 4.78 is 11.4. The highest BCUT2D eigenvalue weighted by atomic mass is 16.6. The summed E-state index contributed by atoms with van der Waals surface area (Å²) in [5.74, 6) is 1.54. The third kappa shape index (κ3) is 2.20. The molecular formula is C14H15N3O3. The summed E-state index contributed by atoms with van der Waals surface area (Å²) in [5.41, 5.74) is 0.864. The summed E-state index contributed by atoms with van der Waals surface area (Å²) in [5, 5.41) is 9.35. The SMILES string of the molecule is Cc1cn[nH]c1NC(=O)C1Oc2ccccc2OC1C. The molecule has 6 nitrogen and oxygen atoms in total. The first kappa shape index (κ1) is 12.5. The van der Waals surface area contributed by atoms with Gasteiger partial charge in [0.2, 0.25) is 6.10 Å². The van der Waals surface area contributed by atoms with Gasteiger partial charge in [-0.05, 0) is 26.0 Å². The Labute approximate surface area is 116 Å². The second-order valence-electron chi connectivity index (χ2n) is 4.73. The van der Waals surface area contributed by atoms with Crippen molar-refractivity contribution in [3.8, 4) is 11.5 Å². The van der Waals surface area contributed by atoms with E-state index in [4.69, 9.17) is 9.47 Å². The molecule has 2 aromatic rings. The highest BCUT2D eigenvalue weighted by Crippen LogP contribution is 2.33. The van der Waals surface area contributed by atoms with E-state index in [1.54, 1.807) is 19.2 Å². The number of rotatable bonds is 2. The molecule has 2 atom stereocenters. The number of para-hydroxylation sites is 2. The Bertz CT molecular complexity index is 638. The molecule has 2 heterocycles. The summed E-state index contributed by atoms with van der Waals surface area (Å²) in [6.45, 7) is 3.66. The smallest absolute Gasteiger partial charge is 0.270 e. The number of hydrogen-bond donors (Lipinski definition) is 2. The van der Waals surface area contributed by atoms with Gasteiger partial charge in [0, 0.05) is 5.56 Å². The van der Waals surface area contributed by atoms with E-state index >= 15 is 0 Å². The average molecular weight is 273 g/mol. The molecule has 1 aliphatic heterocycles. The zero-order valence-electron chi connectivity index (χ0n) is 11.2. The van der Waals surface area contributed by atoms with Crippen LogP contribution in [0.25, 0.3) is 0 Å². The molecule has 0 bridgehead atoms. The lowest BCUT2D eigenvalue weighted by atomic mass is 10.1. The summed E-state index contributed by atoms with van der Waals surface area (Å²) in [4.78, 5) is 12.3. The van der Waals surface area contributed by atoms with Crippen LogP contribution in [0.1, 0.15) is 12.5 Å². The number of nitrogens with zero attached hydrogens (tertiary/aromatic N) is 1. The second kappa shape index (κ2) is 4.88. The van der Waals surface area contributed by atoms with Crippen LogP contribution < -0.4 is 14.8 Å². The van der Waals surface area contributed by atoms with E-state index in [2.05, 4.69) is 15.5 Å². The first-order chi connectivity index (χ1) is 9.65. The molecule has 0 saturated carbocycles. The van der Waals surface area contributed by atoms with Crippen LogP contribution in [0.15, 0.2) is 30.5 Å². The minimum absolute atomic E-state index is 0.264. The molecule has 0 spiro atoms. The number of amides is 1. The summed E-state index contributed by atoms with van der Waals surface area (Å²) >= 11 is 0. The zero-order chi connectivity index (χ0) is 14.1. The average Bonchev–Trinajstić information content (AvgIpc) is 2.83. The van der Waals surface area contributed by atoms with Crippen LogP contribution in [0, 0.1) is 6.92 Å². The van der Waals surface area contributed by atoms with Crippen molar-refractivity contribution in [1.29, 1.82) is 0 Å². The largest absolute Gasteiger partial charge is 0.482 e. The maximum Gasteiger partial charge on any atom is 0.270 e. The van der Waals surface area contributed by atoms with Crippen molar-refractivity contribution < 1.29 is 14.3 Å². The Kier molecular flexibility index (Phi) is 3.06. The molecule has 104 valence electrons. The van der Waals surface area contributed by atoms with Gasteiger partial charge in [0.1, 0.15) is 11.9 Å². The van der Waals surface area contributed by atoms with Crippen molar-refractivity contribution >= 4 is 11.7 Å². The van der Waals surface area contributed by atoms with E-state index in [9.17, 15) is 4.79 Å². The Morgan fingerprint density at radius 2 is 2.00 bits per heavy atom. The number of aromatic nitrogens is 2. The third-order valence-corrected chi connectivity index (χ3v) is 3.18. The van der Waals surface area contributed by atoms with E-state index in [1.165, 1.54) is 0 Å². The van der Waals surface area contributed by atoms with E-state index in [0.29, 0.717) is 17.3 Å². The number of ether oxygens (including phenoxy) is 2. The molecule has 6 heteroatoms. The Hall–Kier alpha value is -2.50. The number of aryl methyl sites for hydroxylation is 1. The van der Waals surface area contributed by atoms with Gasteiger partial charge >= 0.3 is 0 Å². The molecule has 1 aromatic heterocycles. The molecule has 1 amide bonds. The highest BCUT2D eigenvalue weighted by Gasteiger charge is 2.34. The first-order valence-electron chi connectivity index (χ1n) is 6.38. The first-order valence-corrected chi connectivity index (χ1v) is 6.38. The predicted molar refractivity (Wildman–Crippen MR) is 72.9 cm³/mol. The maximum atomic E-state index is 12.3. The number of H-pyrrole nitrogens is 1. The third-order valence-electron chi connectivity index (χ3n) is 3.18. The normalized spacial score (nSPS) is 20.5. The van der Waals surface area contributed by atoms with Crippen molar-refractivity contribution in [2.45, 2.75) is 26.1 Å². The molecule has 20 heavy (non-hydrogen) atoms. The molecule has 0 aliphatic carbocycles. The van der Waals surface area contributed by atoms with Crippen LogP contribution >= 0.6 is 0 Å². The lowest BCUT2D eigenvalue weighted by Gasteiger charge is -2.30. The van der Waals surface area contributed by atoms with Crippen LogP contribution in [0.4, 0.5) is 5.82 Å². The van der Waals surface area contributed by atoms with Gasteiger partial charge in [-0.25, -0.2) is 0 Å². The number of carbonyl (C=O) groups is 1. The molecule has 2 N–H and O–H groups in total. The number of fused-ring (bicyclic) bond motifs is 1. The van der Waals surface area contributed by atoms with Crippen molar-refractivity contribution in [3.05, 3.63) is 36.0 Å². The summed E-state index contributed by atoms with van der Waals surface area (Å²) in [7, 11) is 0. The highest BCUT2D eigenvalue weighted by molar-refractivity contribution is 5.94. The van der Waals surface area contributed by atoms with Gasteiger partial charge in [-0.1, -0.05) is 12.1 Å². The second-order valence-corrected chi connectivity index (χ2v) is 4.73. The van der Waals surface area contributed by atoms with Crippen LogP contribution in [0.3, 0.4) is 0 Å². The van der Waals surface area contributed by atoms with Crippen molar-refractivity contribution in [2.75, 3.05) is 5.32 Å². The predicted octanol–water partition coefficient (Wildman–Crippen LogP) is 1.89.